The monoisotopic (exact) mass is 452 g/mol. The maximum absolute atomic E-state index is 13.4. The van der Waals surface area contributed by atoms with Crippen molar-refractivity contribution in [3.05, 3.63) is 75.9 Å². The van der Waals surface area contributed by atoms with E-state index in [9.17, 15) is 16.8 Å². The SMILES string of the molecule is Cc1ccc(S(=O)(=O)[N-][S+]2[C@H](C)C=C[C@H](C)N2S(=O)(=O)c2ccc(C)cc2)cc1. The van der Waals surface area contributed by atoms with Crippen LogP contribution in [0.5, 0.6) is 0 Å². The van der Waals surface area contributed by atoms with Gasteiger partial charge in [0.1, 0.15) is 15.3 Å². The number of sulfonamides is 2. The normalized spacial score (nSPS) is 23.2. The van der Waals surface area contributed by atoms with E-state index < -0.39 is 37.4 Å². The molecule has 0 radical (unpaired) electrons. The van der Waals surface area contributed by atoms with Crippen LogP contribution in [0, 0.1) is 13.8 Å². The predicted octanol–water partition coefficient (Wildman–Crippen LogP) is 3.85. The summed E-state index contributed by atoms with van der Waals surface area (Å²) in [5.74, 6) is 0. The van der Waals surface area contributed by atoms with Gasteiger partial charge in [-0.05, 0) is 61.7 Å². The zero-order valence-electron chi connectivity index (χ0n) is 16.7. The molecule has 29 heavy (non-hydrogen) atoms. The van der Waals surface area contributed by atoms with Gasteiger partial charge in [0.2, 0.25) is 0 Å². The molecule has 1 unspecified atom stereocenters. The van der Waals surface area contributed by atoms with E-state index in [2.05, 4.69) is 4.13 Å². The van der Waals surface area contributed by atoms with Crippen LogP contribution in [0.25, 0.3) is 4.13 Å². The minimum atomic E-state index is -4.02. The maximum atomic E-state index is 13.4. The zero-order valence-corrected chi connectivity index (χ0v) is 19.1. The number of hydrogen-bond donors (Lipinski definition) is 0. The Labute approximate surface area is 176 Å². The van der Waals surface area contributed by atoms with E-state index >= 15 is 0 Å². The molecule has 0 fully saturated rings. The van der Waals surface area contributed by atoms with Gasteiger partial charge in [0.05, 0.1) is 15.8 Å². The van der Waals surface area contributed by atoms with Crippen LogP contribution >= 0.6 is 0 Å². The minimum absolute atomic E-state index is 0.0534. The third-order valence-corrected chi connectivity index (χ3v) is 11.1. The molecule has 2 aromatic carbocycles. The number of aryl methyl sites for hydroxylation is 2. The van der Waals surface area contributed by atoms with Crippen molar-refractivity contribution in [1.82, 2.24) is 3.71 Å². The lowest BCUT2D eigenvalue weighted by atomic mass is 10.2. The standard InChI is InChI=1S/C20H24N2O4S3/c1-15-5-11-19(12-6-15)28(23,24)21-27-18(4)10-9-17(3)22(27)29(25,26)20-13-7-16(2)8-14-20/h5-14,17-18H,1-4H3/t17-,18+,27?/m0/s1. The minimum Gasteiger partial charge on any atom is -0.291 e. The van der Waals surface area contributed by atoms with Gasteiger partial charge >= 0.3 is 0 Å². The summed E-state index contributed by atoms with van der Waals surface area (Å²) in [6, 6.07) is 12.4. The fourth-order valence-electron chi connectivity index (χ4n) is 2.88. The van der Waals surface area contributed by atoms with Gasteiger partial charge < -0.3 is 0 Å². The molecule has 9 heteroatoms. The Balaban J connectivity index is 2.01. The summed E-state index contributed by atoms with van der Waals surface area (Å²) in [6.45, 7) is 7.24. The Morgan fingerprint density at radius 1 is 0.793 bits per heavy atom. The van der Waals surface area contributed by atoms with Crippen LogP contribution in [-0.2, 0) is 31.3 Å². The topological polar surface area (TPSA) is 85.6 Å². The van der Waals surface area contributed by atoms with Gasteiger partial charge in [-0.1, -0.05) is 41.5 Å². The van der Waals surface area contributed by atoms with Crippen LogP contribution in [0.1, 0.15) is 25.0 Å². The summed E-state index contributed by atoms with van der Waals surface area (Å²) >= 11 is -1.41. The first-order valence-electron chi connectivity index (χ1n) is 9.10. The molecule has 1 aliphatic heterocycles. The summed E-state index contributed by atoms with van der Waals surface area (Å²) in [5, 5.41) is -0.369. The fraction of sp³-hybridized carbons (Fsp3) is 0.300. The third-order valence-electron chi connectivity index (χ3n) is 4.56. The lowest BCUT2D eigenvalue weighted by Gasteiger charge is -2.36. The largest absolute Gasteiger partial charge is 0.291 e. The summed E-state index contributed by atoms with van der Waals surface area (Å²) < 4.78 is 57.9. The van der Waals surface area contributed by atoms with Crippen molar-refractivity contribution in [1.29, 1.82) is 0 Å². The predicted molar refractivity (Wildman–Crippen MR) is 117 cm³/mol. The van der Waals surface area contributed by atoms with Gasteiger partial charge in [-0.15, -0.1) is 0 Å². The van der Waals surface area contributed by atoms with Crippen molar-refractivity contribution in [2.75, 3.05) is 0 Å². The molecule has 3 rings (SSSR count). The zero-order chi connectivity index (χ0) is 21.4. The van der Waals surface area contributed by atoms with Gasteiger partial charge in [-0.25, -0.2) is 16.8 Å². The number of rotatable bonds is 5. The number of hydrogen-bond acceptors (Lipinski definition) is 4. The van der Waals surface area contributed by atoms with E-state index in [-0.39, 0.29) is 15.0 Å². The van der Waals surface area contributed by atoms with E-state index in [0.29, 0.717) is 0 Å². The molecule has 0 spiro atoms. The summed E-state index contributed by atoms with van der Waals surface area (Å²) in [5.41, 5.74) is 1.87. The van der Waals surface area contributed by atoms with E-state index in [0.717, 1.165) is 11.1 Å². The molecule has 1 heterocycles. The first-order chi connectivity index (χ1) is 13.5. The van der Waals surface area contributed by atoms with E-state index in [1.54, 1.807) is 44.2 Å². The first kappa shape index (κ1) is 22.0. The molecule has 0 bridgehead atoms. The van der Waals surface area contributed by atoms with Crippen molar-refractivity contribution in [3.8, 4) is 0 Å². The lowest BCUT2D eigenvalue weighted by Crippen LogP contribution is -2.48. The Kier molecular flexibility index (Phi) is 6.26. The molecular weight excluding hydrogens is 428 g/mol. The second-order valence-electron chi connectivity index (χ2n) is 7.06. The van der Waals surface area contributed by atoms with Crippen LogP contribution in [-0.4, -0.2) is 31.8 Å². The maximum Gasteiger partial charge on any atom is 0.281 e. The molecule has 0 aliphatic carbocycles. The van der Waals surface area contributed by atoms with Crippen molar-refractivity contribution >= 4 is 31.3 Å². The van der Waals surface area contributed by atoms with Crippen molar-refractivity contribution < 1.29 is 16.8 Å². The van der Waals surface area contributed by atoms with Crippen LogP contribution < -0.4 is 0 Å². The lowest BCUT2D eigenvalue weighted by molar-refractivity contribution is 0.513. The van der Waals surface area contributed by atoms with E-state index in [1.807, 2.05) is 19.9 Å². The van der Waals surface area contributed by atoms with Crippen LogP contribution in [0.3, 0.4) is 0 Å². The average molecular weight is 453 g/mol. The molecule has 0 amide bonds. The quantitative estimate of drug-likeness (QED) is 0.509. The summed E-state index contributed by atoms with van der Waals surface area (Å²) in [6.07, 6.45) is 3.59. The van der Waals surface area contributed by atoms with Gasteiger partial charge in [-0.2, -0.15) is 0 Å². The molecule has 3 atom stereocenters. The van der Waals surface area contributed by atoms with Gasteiger partial charge in [0, 0.05) is 11.3 Å². The Morgan fingerprint density at radius 2 is 1.28 bits per heavy atom. The Morgan fingerprint density at radius 3 is 1.79 bits per heavy atom. The van der Waals surface area contributed by atoms with Crippen molar-refractivity contribution in [2.24, 2.45) is 0 Å². The molecule has 0 saturated carbocycles. The second-order valence-corrected chi connectivity index (χ2v) is 12.8. The third kappa shape index (κ3) is 4.59. The fourth-order valence-corrected chi connectivity index (χ4v) is 9.20. The summed E-state index contributed by atoms with van der Waals surface area (Å²) in [4.78, 5) is 0.176. The van der Waals surface area contributed by atoms with Crippen LogP contribution in [0.15, 0.2) is 70.5 Å². The van der Waals surface area contributed by atoms with Crippen LogP contribution in [0.2, 0.25) is 0 Å². The molecule has 2 aromatic rings. The molecule has 0 saturated heterocycles. The highest BCUT2D eigenvalue weighted by atomic mass is 32.3. The van der Waals surface area contributed by atoms with E-state index in [1.165, 1.54) is 28.0 Å². The summed E-state index contributed by atoms with van der Waals surface area (Å²) in [7, 11) is -7.95. The van der Waals surface area contributed by atoms with Crippen molar-refractivity contribution in [3.63, 3.8) is 0 Å². The molecule has 1 aliphatic rings. The van der Waals surface area contributed by atoms with Crippen LogP contribution in [0.4, 0.5) is 0 Å². The van der Waals surface area contributed by atoms with Gasteiger partial charge in [0.15, 0.2) is 0 Å². The molecule has 6 nitrogen and oxygen atoms in total. The van der Waals surface area contributed by atoms with Gasteiger partial charge in [0.25, 0.3) is 10.0 Å². The first-order valence-corrected chi connectivity index (χ1v) is 13.2. The van der Waals surface area contributed by atoms with Gasteiger partial charge in [-0.3, -0.25) is 4.13 Å². The molecule has 0 N–H and O–H groups in total. The van der Waals surface area contributed by atoms with E-state index in [4.69, 9.17) is 0 Å². The molecular formula is C20H24N2O4S3. The van der Waals surface area contributed by atoms with Crippen molar-refractivity contribution in [2.45, 2.75) is 48.8 Å². The highest BCUT2D eigenvalue weighted by molar-refractivity contribution is 8.18. The molecule has 156 valence electrons. The average Bonchev–Trinajstić information content (AvgIpc) is 2.65. The number of nitrogens with zero attached hydrogens (tertiary/aromatic N) is 2. The smallest absolute Gasteiger partial charge is 0.281 e. The highest BCUT2D eigenvalue weighted by Crippen LogP contribution is 2.36. The highest BCUT2D eigenvalue weighted by Gasteiger charge is 2.44. The Bertz CT molecular complexity index is 1110. The molecule has 0 aromatic heterocycles. The second kappa shape index (κ2) is 8.23. The Hall–Kier alpha value is -1.65. The number of benzene rings is 2.